The molecule has 4 heteroatoms. The normalized spacial score (nSPS) is 16.8. The molecular weight excluding hydrogens is 291 g/mol. The first-order valence-electron chi connectivity index (χ1n) is 7.99. The quantitative estimate of drug-likeness (QED) is 0.939. The number of para-hydroxylation sites is 1. The average Bonchev–Trinajstić information content (AvgIpc) is 2.57. The van der Waals surface area contributed by atoms with E-state index < -0.39 is 0 Å². The molecule has 0 aliphatic carbocycles. The van der Waals surface area contributed by atoms with Gasteiger partial charge in [-0.25, -0.2) is 4.39 Å². The Morgan fingerprint density at radius 1 is 1.22 bits per heavy atom. The Labute approximate surface area is 136 Å². The van der Waals surface area contributed by atoms with Gasteiger partial charge in [0.25, 0.3) is 0 Å². The maximum atomic E-state index is 12.9. The fourth-order valence-corrected chi connectivity index (χ4v) is 3.01. The van der Waals surface area contributed by atoms with Gasteiger partial charge in [-0.3, -0.25) is 4.79 Å². The molecule has 1 N–H and O–H groups in total. The van der Waals surface area contributed by atoms with Crippen molar-refractivity contribution in [3.05, 3.63) is 65.5 Å². The lowest BCUT2D eigenvalue weighted by Gasteiger charge is -2.36. The van der Waals surface area contributed by atoms with Crippen LogP contribution in [0.2, 0.25) is 0 Å². The number of amides is 1. The van der Waals surface area contributed by atoms with Crippen LogP contribution < -0.4 is 10.2 Å². The van der Waals surface area contributed by atoms with Gasteiger partial charge in [0, 0.05) is 18.3 Å². The smallest absolute Gasteiger partial charge is 0.239 e. The number of carbonyl (C=O) groups excluding carboxylic acids is 1. The summed E-state index contributed by atoms with van der Waals surface area (Å²) < 4.78 is 12.9. The lowest BCUT2D eigenvalue weighted by molar-refractivity contribution is -0.120. The number of nitrogens with zero attached hydrogens (tertiary/aromatic N) is 1. The van der Waals surface area contributed by atoms with E-state index in [1.807, 2.05) is 12.1 Å². The van der Waals surface area contributed by atoms with Crippen molar-refractivity contribution in [3.8, 4) is 0 Å². The molecule has 3 rings (SSSR count). The second-order valence-electron chi connectivity index (χ2n) is 6.05. The molecule has 1 amide bonds. The second kappa shape index (κ2) is 6.82. The first-order chi connectivity index (χ1) is 11.1. The van der Waals surface area contributed by atoms with Crippen molar-refractivity contribution in [2.45, 2.75) is 32.4 Å². The third-order valence-corrected chi connectivity index (χ3v) is 4.38. The predicted octanol–water partition coefficient (Wildman–Crippen LogP) is 3.28. The SMILES string of the molecule is C[C@@H]1CCc2ccccc2N1CC(=O)NCc1ccc(F)cc1. The van der Waals surface area contributed by atoms with Crippen LogP contribution in [0.5, 0.6) is 0 Å². The molecule has 0 fully saturated rings. The van der Waals surface area contributed by atoms with E-state index in [2.05, 4.69) is 29.3 Å². The molecule has 3 nitrogen and oxygen atoms in total. The molecule has 0 unspecified atom stereocenters. The summed E-state index contributed by atoms with van der Waals surface area (Å²) in [6, 6.07) is 14.8. The van der Waals surface area contributed by atoms with Crippen LogP contribution in [-0.2, 0) is 17.8 Å². The summed E-state index contributed by atoms with van der Waals surface area (Å²) in [5.41, 5.74) is 3.35. The maximum Gasteiger partial charge on any atom is 0.239 e. The fraction of sp³-hybridized carbons (Fsp3) is 0.316. The van der Waals surface area contributed by atoms with Gasteiger partial charge in [-0.15, -0.1) is 0 Å². The Balaban J connectivity index is 1.62. The summed E-state index contributed by atoms with van der Waals surface area (Å²) >= 11 is 0. The Bertz CT molecular complexity index is 684. The number of hydrogen-bond donors (Lipinski definition) is 1. The third kappa shape index (κ3) is 3.70. The Morgan fingerprint density at radius 2 is 1.96 bits per heavy atom. The highest BCUT2D eigenvalue weighted by Crippen LogP contribution is 2.29. The number of carbonyl (C=O) groups is 1. The molecule has 1 atom stereocenters. The predicted molar refractivity (Wildman–Crippen MR) is 89.8 cm³/mol. The molecule has 120 valence electrons. The van der Waals surface area contributed by atoms with Gasteiger partial charge < -0.3 is 10.2 Å². The van der Waals surface area contributed by atoms with Gasteiger partial charge in [-0.05, 0) is 49.1 Å². The van der Waals surface area contributed by atoms with Crippen LogP contribution in [0.1, 0.15) is 24.5 Å². The summed E-state index contributed by atoms with van der Waals surface area (Å²) in [5, 5.41) is 2.91. The molecule has 0 spiro atoms. The lowest BCUT2D eigenvalue weighted by atomic mass is 9.96. The van der Waals surface area contributed by atoms with Crippen molar-refractivity contribution in [2.24, 2.45) is 0 Å². The van der Waals surface area contributed by atoms with E-state index in [1.54, 1.807) is 12.1 Å². The van der Waals surface area contributed by atoms with Gasteiger partial charge >= 0.3 is 0 Å². The zero-order valence-electron chi connectivity index (χ0n) is 13.3. The zero-order valence-corrected chi connectivity index (χ0v) is 13.3. The summed E-state index contributed by atoms with van der Waals surface area (Å²) in [6.07, 6.45) is 2.12. The first kappa shape index (κ1) is 15.5. The van der Waals surface area contributed by atoms with Crippen molar-refractivity contribution >= 4 is 11.6 Å². The highest BCUT2D eigenvalue weighted by atomic mass is 19.1. The molecular formula is C19H21FN2O. The standard InChI is InChI=1S/C19H21FN2O/c1-14-6-9-16-4-2-3-5-18(16)22(14)13-19(23)21-12-15-7-10-17(20)11-8-15/h2-5,7-8,10-11,14H,6,9,12-13H2,1H3,(H,21,23)/t14-/m1/s1. The van der Waals surface area contributed by atoms with Crippen molar-refractivity contribution < 1.29 is 9.18 Å². The van der Waals surface area contributed by atoms with E-state index in [4.69, 9.17) is 0 Å². The minimum Gasteiger partial charge on any atom is -0.359 e. The van der Waals surface area contributed by atoms with Crippen LogP contribution in [0.3, 0.4) is 0 Å². The topological polar surface area (TPSA) is 32.3 Å². The minimum atomic E-state index is -0.265. The number of fused-ring (bicyclic) bond motifs is 1. The number of anilines is 1. The number of nitrogens with one attached hydrogen (secondary N) is 1. The Morgan fingerprint density at radius 3 is 2.74 bits per heavy atom. The highest BCUT2D eigenvalue weighted by molar-refractivity contribution is 5.82. The Hall–Kier alpha value is -2.36. The first-order valence-corrected chi connectivity index (χ1v) is 7.99. The van der Waals surface area contributed by atoms with Crippen LogP contribution in [0.25, 0.3) is 0 Å². The molecule has 0 aromatic heterocycles. The van der Waals surface area contributed by atoms with Crippen LogP contribution in [0.15, 0.2) is 48.5 Å². The average molecular weight is 312 g/mol. The largest absolute Gasteiger partial charge is 0.359 e. The fourth-order valence-electron chi connectivity index (χ4n) is 3.01. The van der Waals surface area contributed by atoms with Gasteiger partial charge in [0.15, 0.2) is 0 Å². The molecule has 2 aromatic carbocycles. The molecule has 2 aromatic rings. The van der Waals surface area contributed by atoms with E-state index in [1.165, 1.54) is 17.7 Å². The van der Waals surface area contributed by atoms with Crippen LogP contribution >= 0.6 is 0 Å². The van der Waals surface area contributed by atoms with E-state index in [-0.39, 0.29) is 11.7 Å². The third-order valence-electron chi connectivity index (χ3n) is 4.38. The molecule has 0 radical (unpaired) electrons. The van der Waals surface area contributed by atoms with Gasteiger partial charge in [-0.2, -0.15) is 0 Å². The lowest BCUT2D eigenvalue weighted by Crippen LogP contribution is -2.44. The summed E-state index contributed by atoms with van der Waals surface area (Å²) in [5.74, 6) is -0.281. The summed E-state index contributed by atoms with van der Waals surface area (Å²) in [7, 11) is 0. The van der Waals surface area contributed by atoms with E-state index >= 15 is 0 Å². The zero-order chi connectivity index (χ0) is 16.2. The van der Waals surface area contributed by atoms with E-state index in [0.717, 1.165) is 24.1 Å². The molecule has 1 aliphatic rings. The highest BCUT2D eigenvalue weighted by Gasteiger charge is 2.24. The van der Waals surface area contributed by atoms with Gasteiger partial charge in [-0.1, -0.05) is 30.3 Å². The van der Waals surface area contributed by atoms with E-state index in [0.29, 0.717) is 19.1 Å². The maximum absolute atomic E-state index is 12.9. The minimum absolute atomic E-state index is 0.0159. The van der Waals surface area contributed by atoms with Crippen LogP contribution in [-0.4, -0.2) is 18.5 Å². The monoisotopic (exact) mass is 312 g/mol. The molecule has 1 heterocycles. The number of benzene rings is 2. The van der Waals surface area contributed by atoms with Gasteiger partial charge in [0.05, 0.1) is 6.54 Å². The van der Waals surface area contributed by atoms with Crippen molar-refractivity contribution in [1.29, 1.82) is 0 Å². The van der Waals surface area contributed by atoms with E-state index in [9.17, 15) is 9.18 Å². The summed E-state index contributed by atoms with van der Waals surface area (Å²) in [6.45, 7) is 2.92. The molecule has 0 saturated carbocycles. The number of aryl methyl sites for hydroxylation is 1. The van der Waals surface area contributed by atoms with Gasteiger partial charge in [0.1, 0.15) is 5.82 Å². The molecule has 0 saturated heterocycles. The van der Waals surface area contributed by atoms with Gasteiger partial charge in [0.2, 0.25) is 5.91 Å². The Kier molecular flexibility index (Phi) is 4.60. The second-order valence-corrected chi connectivity index (χ2v) is 6.05. The molecule has 0 bridgehead atoms. The number of hydrogen-bond acceptors (Lipinski definition) is 2. The van der Waals surface area contributed by atoms with Crippen molar-refractivity contribution in [2.75, 3.05) is 11.4 Å². The molecule has 23 heavy (non-hydrogen) atoms. The van der Waals surface area contributed by atoms with Crippen LogP contribution in [0, 0.1) is 5.82 Å². The van der Waals surface area contributed by atoms with Crippen molar-refractivity contribution in [3.63, 3.8) is 0 Å². The molecule has 1 aliphatic heterocycles. The van der Waals surface area contributed by atoms with Crippen molar-refractivity contribution in [1.82, 2.24) is 5.32 Å². The number of rotatable bonds is 4. The summed E-state index contributed by atoms with van der Waals surface area (Å²) in [4.78, 5) is 14.4. The number of halogens is 1. The van der Waals surface area contributed by atoms with Crippen LogP contribution in [0.4, 0.5) is 10.1 Å².